The first-order valence-corrected chi connectivity index (χ1v) is 7.39. The van der Waals surface area contributed by atoms with E-state index in [0.29, 0.717) is 6.54 Å². The monoisotopic (exact) mass is 296 g/mol. The van der Waals surface area contributed by atoms with E-state index in [2.05, 4.69) is 17.2 Å². The lowest BCUT2D eigenvalue weighted by molar-refractivity contribution is 0.407. The number of rotatable bonds is 6. The molecule has 0 bridgehead atoms. The van der Waals surface area contributed by atoms with E-state index in [4.69, 9.17) is 16.3 Å². The van der Waals surface area contributed by atoms with Gasteiger partial charge in [0.1, 0.15) is 10.8 Å². The second-order valence-corrected chi connectivity index (χ2v) is 5.77. The Balaban J connectivity index is 1.93. The summed E-state index contributed by atoms with van der Waals surface area (Å²) in [5.41, 5.74) is 1.06. The molecule has 0 radical (unpaired) electrons. The Morgan fingerprint density at radius 3 is 2.89 bits per heavy atom. The molecular formula is C14H17ClN2OS. The number of nitrogens with zero attached hydrogens (tertiary/aromatic N) is 1. The third-order valence-electron chi connectivity index (χ3n) is 2.78. The van der Waals surface area contributed by atoms with Gasteiger partial charge in [0.15, 0.2) is 0 Å². The molecule has 5 heteroatoms. The predicted octanol–water partition coefficient (Wildman–Crippen LogP) is 3.66. The van der Waals surface area contributed by atoms with Crippen LogP contribution < -0.4 is 10.1 Å². The molecule has 2 rings (SSSR count). The Bertz CT molecular complexity index is 542. The summed E-state index contributed by atoms with van der Waals surface area (Å²) < 4.78 is 5.31. The lowest BCUT2D eigenvalue weighted by Gasteiger charge is -2.09. The van der Waals surface area contributed by atoms with Crippen molar-refractivity contribution in [3.05, 3.63) is 44.9 Å². The van der Waals surface area contributed by atoms with Gasteiger partial charge < -0.3 is 10.1 Å². The molecule has 0 saturated carbocycles. The van der Waals surface area contributed by atoms with Crippen molar-refractivity contribution in [1.82, 2.24) is 10.3 Å². The number of halogens is 1. The van der Waals surface area contributed by atoms with E-state index in [0.717, 1.165) is 34.3 Å². The second kappa shape index (κ2) is 6.89. The van der Waals surface area contributed by atoms with E-state index in [9.17, 15) is 0 Å². The zero-order chi connectivity index (χ0) is 13.7. The van der Waals surface area contributed by atoms with E-state index in [1.807, 2.05) is 24.4 Å². The number of hydrogen-bond acceptors (Lipinski definition) is 4. The molecule has 102 valence electrons. The van der Waals surface area contributed by atoms with Crippen LogP contribution in [-0.2, 0) is 19.5 Å². The van der Waals surface area contributed by atoms with E-state index in [1.54, 1.807) is 18.4 Å². The molecule has 0 aliphatic carbocycles. The van der Waals surface area contributed by atoms with Gasteiger partial charge in [-0.25, -0.2) is 4.98 Å². The Hall–Kier alpha value is -1.10. The molecule has 3 nitrogen and oxygen atoms in total. The van der Waals surface area contributed by atoms with E-state index in [-0.39, 0.29) is 0 Å². The quantitative estimate of drug-likeness (QED) is 0.883. The maximum absolute atomic E-state index is 6.00. The standard InChI is InChI=1S/C14H17ClN2OS/c1-3-12-8-17-14(19-12)9-16-7-10-6-11(15)4-5-13(10)18-2/h4-6,8,16H,3,7,9H2,1-2H3. The van der Waals surface area contributed by atoms with Crippen LogP contribution in [0, 0.1) is 0 Å². The van der Waals surface area contributed by atoms with Crippen molar-refractivity contribution < 1.29 is 4.74 Å². The fourth-order valence-electron chi connectivity index (χ4n) is 1.78. The van der Waals surface area contributed by atoms with E-state index in [1.165, 1.54) is 4.88 Å². The van der Waals surface area contributed by atoms with Crippen LogP contribution in [0.3, 0.4) is 0 Å². The first-order valence-electron chi connectivity index (χ1n) is 6.19. The maximum Gasteiger partial charge on any atom is 0.123 e. The number of ether oxygens (including phenoxy) is 1. The fraction of sp³-hybridized carbons (Fsp3) is 0.357. The molecule has 1 N–H and O–H groups in total. The summed E-state index contributed by atoms with van der Waals surface area (Å²) in [6, 6.07) is 5.64. The Morgan fingerprint density at radius 1 is 1.37 bits per heavy atom. The molecule has 0 fully saturated rings. The molecule has 0 unspecified atom stereocenters. The Kier molecular flexibility index (Phi) is 5.19. The van der Waals surface area contributed by atoms with Crippen LogP contribution in [0.1, 0.15) is 22.4 Å². The summed E-state index contributed by atoms with van der Waals surface area (Å²) >= 11 is 7.75. The number of nitrogens with one attached hydrogen (secondary N) is 1. The number of aryl methyl sites for hydroxylation is 1. The normalized spacial score (nSPS) is 10.7. The molecule has 0 saturated heterocycles. The average molecular weight is 297 g/mol. The van der Waals surface area contributed by atoms with Gasteiger partial charge >= 0.3 is 0 Å². The van der Waals surface area contributed by atoms with Gasteiger partial charge in [-0.15, -0.1) is 11.3 Å². The van der Waals surface area contributed by atoms with Gasteiger partial charge in [-0.05, 0) is 24.6 Å². The topological polar surface area (TPSA) is 34.2 Å². The summed E-state index contributed by atoms with van der Waals surface area (Å²) in [6.07, 6.45) is 2.99. The zero-order valence-corrected chi connectivity index (χ0v) is 12.6. The number of hydrogen-bond donors (Lipinski definition) is 1. The summed E-state index contributed by atoms with van der Waals surface area (Å²) in [7, 11) is 1.67. The minimum Gasteiger partial charge on any atom is -0.496 e. The summed E-state index contributed by atoms with van der Waals surface area (Å²) in [5.74, 6) is 0.852. The molecular weight excluding hydrogens is 280 g/mol. The third kappa shape index (κ3) is 3.93. The van der Waals surface area contributed by atoms with Gasteiger partial charge in [-0.2, -0.15) is 0 Å². The first kappa shape index (κ1) is 14.3. The highest BCUT2D eigenvalue weighted by atomic mass is 35.5. The Labute approximate surface area is 122 Å². The molecule has 0 aliphatic heterocycles. The summed E-state index contributed by atoms with van der Waals surface area (Å²) in [6.45, 7) is 3.62. The van der Waals surface area contributed by atoms with Crippen LogP contribution in [0.25, 0.3) is 0 Å². The smallest absolute Gasteiger partial charge is 0.123 e. The van der Waals surface area contributed by atoms with Gasteiger partial charge in [0.05, 0.1) is 7.11 Å². The third-order valence-corrected chi connectivity index (χ3v) is 4.16. The highest BCUT2D eigenvalue weighted by molar-refractivity contribution is 7.11. The molecule has 19 heavy (non-hydrogen) atoms. The minimum absolute atomic E-state index is 0.713. The Morgan fingerprint density at radius 2 is 2.21 bits per heavy atom. The number of methoxy groups -OCH3 is 1. The highest BCUT2D eigenvalue weighted by Gasteiger charge is 2.05. The van der Waals surface area contributed by atoms with Crippen molar-refractivity contribution in [2.24, 2.45) is 0 Å². The first-order chi connectivity index (χ1) is 9.22. The summed E-state index contributed by atoms with van der Waals surface area (Å²) in [5, 5.41) is 5.20. The van der Waals surface area contributed by atoms with Crippen LogP contribution in [0.5, 0.6) is 5.75 Å². The molecule has 2 aromatic rings. The molecule has 0 aliphatic rings. The van der Waals surface area contributed by atoms with Crippen molar-refractivity contribution >= 4 is 22.9 Å². The van der Waals surface area contributed by atoms with Crippen LogP contribution >= 0.6 is 22.9 Å². The van der Waals surface area contributed by atoms with Crippen LogP contribution in [0.4, 0.5) is 0 Å². The van der Waals surface area contributed by atoms with Crippen molar-refractivity contribution in [2.45, 2.75) is 26.4 Å². The van der Waals surface area contributed by atoms with Crippen molar-refractivity contribution in [2.75, 3.05) is 7.11 Å². The van der Waals surface area contributed by atoms with Crippen LogP contribution in [-0.4, -0.2) is 12.1 Å². The van der Waals surface area contributed by atoms with Crippen molar-refractivity contribution in [3.8, 4) is 5.75 Å². The maximum atomic E-state index is 6.00. The molecule has 1 aromatic carbocycles. The average Bonchev–Trinajstić information content (AvgIpc) is 2.87. The summed E-state index contributed by atoms with van der Waals surface area (Å²) in [4.78, 5) is 5.69. The molecule has 1 heterocycles. The fourth-order valence-corrected chi connectivity index (χ4v) is 2.81. The predicted molar refractivity (Wildman–Crippen MR) is 80.0 cm³/mol. The number of benzene rings is 1. The van der Waals surface area contributed by atoms with E-state index >= 15 is 0 Å². The van der Waals surface area contributed by atoms with Gasteiger partial charge in [0, 0.05) is 34.7 Å². The second-order valence-electron chi connectivity index (χ2n) is 4.13. The van der Waals surface area contributed by atoms with Crippen molar-refractivity contribution in [1.29, 1.82) is 0 Å². The number of thiazole rings is 1. The van der Waals surface area contributed by atoms with Gasteiger partial charge in [-0.3, -0.25) is 0 Å². The van der Waals surface area contributed by atoms with E-state index < -0.39 is 0 Å². The van der Waals surface area contributed by atoms with Gasteiger partial charge in [-0.1, -0.05) is 18.5 Å². The number of aromatic nitrogens is 1. The van der Waals surface area contributed by atoms with Gasteiger partial charge in [0.2, 0.25) is 0 Å². The van der Waals surface area contributed by atoms with Gasteiger partial charge in [0.25, 0.3) is 0 Å². The van der Waals surface area contributed by atoms with Crippen LogP contribution in [0.2, 0.25) is 5.02 Å². The lowest BCUT2D eigenvalue weighted by atomic mass is 10.2. The molecule has 0 spiro atoms. The SMILES string of the molecule is CCc1cnc(CNCc2cc(Cl)ccc2OC)s1. The molecule has 1 aromatic heterocycles. The largest absolute Gasteiger partial charge is 0.496 e. The lowest BCUT2D eigenvalue weighted by Crippen LogP contribution is -2.13. The van der Waals surface area contributed by atoms with Crippen LogP contribution in [0.15, 0.2) is 24.4 Å². The van der Waals surface area contributed by atoms with Crippen molar-refractivity contribution in [3.63, 3.8) is 0 Å². The molecule has 0 atom stereocenters. The zero-order valence-electron chi connectivity index (χ0n) is 11.1. The molecule has 0 amide bonds. The minimum atomic E-state index is 0.713. The highest BCUT2D eigenvalue weighted by Crippen LogP contribution is 2.22.